The Kier molecular flexibility index (Phi) is 16.2. The van der Waals surface area contributed by atoms with Crippen molar-refractivity contribution in [2.75, 3.05) is 33.3 Å². The zero-order valence-corrected chi connectivity index (χ0v) is 20.6. The second kappa shape index (κ2) is 16.7. The second-order valence-corrected chi connectivity index (χ2v) is 9.99. The fourth-order valence-corrected chi connectivity index (χ4v) is 3.98. The molecule has 1 aromatic carbocycles. The molecular formula is C24H45NO4S. The maximum Gasteiger partial charge on any atom is 0.124 e. The normalized spacial score (nSPS) is 13.4. The third-order valence-corrected chi connectivity index (χ3v) is 6.37. The van der Waals surface area contributed by atoms with Crippen molar-refractivity contribution in [1.82, 2.24) is 0 Å². The van der Waals surface area contributed by atoms with E-state index in [9.17, 15) is 13.0 Å². The molecule has 1 aromatic rings. The number of nitrogens with zero attached hydrogens (tertiary/aromatic N) is 1. The predicted molar refractivity (Wildman–Crippen MR) is 125 cm³/mol. The van der Waals surface area contributed by atoms with Gasteiger partial charge >= 0.3 is 0 Å². The molecule has 1 atom stereocenters. The molecule has 0 saturated carbocycles. The standard InChI is InChI=1S/C17H38NO.C7H8O3S/c1-4-6-8-10-12-15-18(3,16-13-17-19)14-11-9-7-5-2;1-6-2-4-7(5-3-6)11(8,9)10/h19H,4-17H2,1-3H3;2-5H,1H3,(H,8,9,10)/q+1;/p-1. The van der Waals surface area contributed by atoms with Crippen LogP contribution in [0, 0.1) is 6.92 Å². The van der Waals surface area contributed by atoms with Crippen LogP contribution in [-0.4, -0.2) is 55.8 Å². The molecule has 0 bridgehead atoms. The lowest BCUT2D eigenvalue weighted by Gasteiger charge is -2.35. The number of quaternary nitrogens is 1. The Hall–Kier alpha value is -0.950. The SMILES string of the molecule is CCCCCCC[N+](C)(CCCO)CCCCCC.Cc1ccc(S(=O)(=O)[O-])cc1. The average molecular weight is 444 g/mol. The van der Waals surface area contributed by atoms with E-state index in [0.717, 1.165) is 18.5 Å². The first-order valence-electron chi connectivity index (χ1n) is 11.7. The molecule has 5 nitrogen and oxygen atoms in total. The van der Waals surface area contributed by atoms with Crippen LogP contribution >= 0.6 is 0 Å². The fourth-order valence-electron chi connectivity index (χ4n) is 3.51. The van der Waals surface area contributed by atoms with Gasteiger partial charge in [0.05, 0.1) is 31.6 Å². The van der Waals surface area contributed by atoms with Crippen LogP contribution in [0.2, 0.25) is 0 Å². The molecule has 0 amide bonds. The van der Waals surface area contributed by atoms with Gasteiger partial charge < -0.3 is 14.1 Å². The number of hydrogen-bond donors (Lipinski definition) is 1. The van der Waals surface area contributed by atoms with E-state index < -0.39 is 10.1 Å². The number of aliphatic hydroxyl groups is 1. The van der Waals surface area contributed by atoms with E-state index in [-0.39, 0.29) is 4.90 Å². The fraction of sp³-hybridized carbons (Fsp3) is 0.750. The smallest absolute Gasteiger partial charge is 0.124 e. The molecule has 0 aliphatic carbocycles. The highest BCUT2D eigenvalue weighted by atomic mass is 32.2. The number of aliphatic hydroxyl groups excluding tert-OH is 1. The number of aryl methyl sites for hydroxylation is 1. The van der Waals surface area contributed by atoms with Gasteiger partial charge in [0, 0.05) is 13.0 Å². The van der Waals surface area contributed by atoms with E-state index in [0.29, 0.717) is 6.61 Å². The highest BCUT2D eigenvalue weighted by molar-refractivity contribution is 7.85. The molecule has 1 unspecified atom stereocenters. The maximum atomic E-state index is 10.4. The third kappa shape index (κ3) is 14.9. The molecule has 0 heterocycles. The molecule has 0 saturated heterocycles. The maximum absolute atomic E-state index is 10.4. The van der Waals surface area contributed by atoms with Gasteiger partial charge in [-0.1, -0.05) is 63.6 Å². The van der Waals surface area contributed by atoms with E-state index >= 15 is 0 Å². The highest BCUT2D eigenvalue weighted by Gasteiger charge is 2.19. The third-order valence-electron chi connectivity index (χ3n) is 5.52. The van der Waals surface area contributed by atoms with Crippen LogP contribution in [-0.2, 0) is 10.1 Å². The van der Waals surface area contributed by atoms with Crippen molar-refractivity contribution in [1.29, 1.82) is 0 Å². The highest BCUT2D eigenvalue weighted by Crippen LogP contribution is 2.13. The summed E-state index contributed by atoms with van der Waals surface area (Å²) in [6, 6.07) is 5.78. The van der Waals surface area contributed by atoms with Gasteiger partial charge in [-0.25, -0.2) is 8.42 Å². The summed E-state index contributed by atoms with van der Waals surface area (Å²) < 4.78 is 32.3. The van der Waals surface area contributed by atoms with Gasteiger partial charge in [0.2, 0.25) is 0 Å². The van der Waals surface area contributed by atoms with E-state index in [1.54, 1.807) is 12.1 Å². The number of hydrogen-bond acceptors (Lipinski definition) is 4. The van der Waals surface area contributed by atoms with E-state index in [1.165, 1.54) is 87.5 Å². The summed E-state index contributed by atoms with van der Waals surface area (Å²) in [7, 11) is -1.88. The quantitative estimate of drug-likeness (QED) is 0.228. The summed E-state index contributed by atoms with van der Waals surface area (Å²) in [4.78, 5) is -0.178. The van der Waals surface area contributed by atoms with Crippen molar-refractivity contribution in [2.45, 2.75) is 89.9 Å². The van der Waals surface area contributed by atoms with E-state index in [2.05, 4.69) is 20.9 Å². The molecule has 176 valence electrons. The lowest BCUT2D eigenvalue weighted by atomic mass is 10.1. The molecule has 0 radical (unpaired) electrons. The predicted octanol–water partition coefficient (Wildman–Crippen LogP) is 5.27. The van der Waals surface area contributed by atoms with Crippen LogP contribution in [0.5, 0.6) is 0 Å². The Bertz CT molecular complexity index is 631. The summed E-state index contributed by atoms with van der Waals surface area (Å²) in [6.45, 7) is 10.5. The minimum absolute atomic E-state index is 0.178. The number of benzene rings is 1. The zero-order chi connectivity index (χ0) is 22.9. The summed E-state index contributed by atoms with van der Waals surface area (Å²) in [5.74, 6) is 0. The van der Waals surface area contributed by atoms with Gasteiger partial charge in [-0.2, -0.15) is 0 Å². The van der Waals surface area contributed by atoms with Crippen LogP contribution in [0.4, 0.5) is 0 Å². The Balaban J connectivity index is 0.000000642. The lowest BCUT2D eigenvalue weighted by molar-refractivity contribution is -0.910. The molecule has 0 aliphatic rings. The van der Waals surface area contributed by atoms with E-state index in [4.69, 9.17) is 5.11 Å². The Morgan fingerprint density at radius 1 is 0.800 bits per heavy atom. The monoisotopic (exact) mass is 443 g/mol. The average Bonchev–Trinajstić information content (AvgIpc) is 2.70. The van der Waals surface area contributed by atoms with Gasteiger partial charge in [0.15, 0.2) is 0 Å². The van der Waals surface area contributed by atoms with Crippen molar-refractivity contribution in [3.63, 3.8) is 0 Å². The summed E-state index contributed by atoms with van der Waals surface area (Å²) >= 11 is 0. The Labute approximate surface area is 185 Å². The van der Waals surface area contributed by atoms with Gasteiger partial charge in [-0.15, -0.1) is 0 Å². The molecule has 0 aliphatic heterocycles. The van der Waals surface area contributed by atoms with Crippen LogP contribution in [0.15, 0.2) is 29.2 Å². The van der Waals surface area contributed by atoms with Crippen molar-refractivity contribution < 1.29 is 22.6 Å². The van der Waals surface area contributed by atoms with Gasteiger partial charge in [-0.05, 0) is 44.7 Å². The van der Waals surface area contributed by atoms with Crippen molar-refractivity contribution in [3.05, 3.63) is 29.8 Å². The molecule has 1 N–H and O–H groups in total. The molecule has 30 heavy (non-hydrogen) atoms. The molecule has 6 heteroatoms. The minimum atomic E-state index is -4.27. The number of unbranched alkanes of at least 4 members (excludes halogenated alkanes) is 7. The van der Waals surface area contributed by atoms with Crippen molar-refractivity contribution >= 4 is 10.1 Å². The first-order chi connectivity index (χ1) is 14.2. The lowest BCUT2D eigenvalue weighted by Crippen LogP contribution is -2.46. The first kappa shape index (κ1) is 29.1. The van der Waals surface area contributed by atoms with Gasteiger partial charge in [-0.3, -0.25) is 0 Å². The largest absolute Gasteiger partial charge is 0.744 e. The topological polar surface area (TPSA) is 77.4 Å². The van der Waals surface area contributed by atoms with Crippen LogP contribution in [0.3, 0.4) is 0 Å². The molecule has 1 rings (SSSR count). The van der Waals surface area contributed by atoms with Crippen molar-refractivity contribution in [3.8, 4) is 0 Å². The van der Waals surface area contributed by atoms with Gasteiger partial charge in [0.1, 0.15) is 10.1 Å². The molecular weight excluding hydrogens is 398 g/mol. The zero-order valence-electron chi connectivity index (χ0n) is 19.7. The van der Waals surface area contributed by atoms with E-state index in [1.807, 2.05) is 6.92 Å². The van der Waals surface area contributed by atoms with Crippen LogP contribution in [0.25, 0.3) is 0 Å². The van der Waals surface area contributed by atoms with Crippen LogP contribution in [0.1, 0.15) is 83.6 Å². The second-order valence-electron chi connectivity index (χ2n) is 8.61. The summed E-state index contributed by atoms with van der Waals surface area (Å²) in [5.41, 5.74) is 0.928. The Morgan fingerprint density at radius 2 is 1.23 bits per heavy atom. The summed E-state index contributed by atoms with van der Waals surface area (Å²) in [5, 5.41) is 9.07. The van der Waals surface area contributed by atoms with Crippen LogP contribution < -0.4 is 0 Å². The molecule has 0 aromatic heterocycles. The molecule has 0 spiro atoms. The van der Waals surface area contributed by atoms with Gasteiger partial charge in [0.25, 0.3) is 0 Å². The number of rotatable bonds is 15. The minimum Gasteiger partial charge on any atom is -0.744 e. The summed E-state index contributed by atoms with van der Waals surface area (Å²) in [6.07, 6.45) is 13.2. The molecule has 0 fully saturated rings. The first-order valence-corrected chi connectivity index (χ1v) is 13.1. The van der Waals surface area contributed by atoms with Crippen molar-refractivity contribution in [2.24, 2.45) is 0 Å². The Morgan fingerprint density at radius 3 is 1.67 bits per heavy atom.